The van der Waals surface area contributed by atoms with E-state index in [0.717, 1.165) is 27.3 Å². The number of imidazole rings is 1. The number of benzene rings is 1. The van der Waals surface area contributed by atoms with E-state index in [0.29, 0.717) is 17.4 Å². The summed E-state index contributed by atoms with van der Waals surface area (Å²) in [5, 5.41) is 3.83. The molecule has 0 amide bonds. The van der Waals surface area contributed by atoms with Crippen molar-refractivity contribution in [3.8, 4) is 0 Å². The Morgan fingerprint density at radius 3 is 2.65 bits per heavy atom. The second-order valence-electron chi connectivity index (χ2n) is 6.42. The lowest BCUT2D eigenvalue weighted by molar-refractivity contribution is 0.713. The van der Waals surface area contributed by atoms with Gasteiger partial charge in [0, 0.05) is 31.7 Å². The standard InChI is InChI=1S/C19H19N5O2/c1-12-5-4-6-17-21-14(11-24(12)17)10-20-13-7-8-15-16(9-13)22(2)19(26)23(3)18(15)25/h4-9,11,20H,10H2,1-3H3. The van der Waals surface area contributed by atoms with Crippen LogP contribution in [0.1, 0.15) is 11.4 Å². The molecule has 0 aliphatic heterocycles. The average molecular weight is 349 g/mol. The van der Waals surface area contributed by atoms with Gasteiger partial charge in [0.2, 0.25) is 0 Å². The van der Waals surface area contributed by atoms with Crippen molar-refractivity contribution in [2.24, 2.45) is 14.1 Å². The summed E-state index contributed by atoms with van der Waals surface area (Å²) < 4.78 is 4.65. The fourth-order valence-electron chi connectivity index (χ4n) is 3.17. The Labute approximate surface area is 149 Å². The van der Waals surface area contributed by atoms with Crippen LogP contribution in [0.25, 0.3) is 16.6 Å². The van der Waals surface area contributed by atoms with Crippen molar-refractivity contribution in [3.63, 3.8) is 0 Å². The first-order valence-corrected chi connectivity index (χ1v) is 8.33. The molecular formula is C19H19N5O2. The van der Waals surface area contributed by atoms with Gasteiger partial charge in [-0.1, -0.05) is 6.07 Å². The molecule has 0 aliphatic carbocycles. The van der Waals surface area contributed by atoms with Gasteiger partial charge >= 0.3 is 5.69 Å². The Morgan fingerprint density at radius 1 is 1.08 bits per heavy atom. The molecule has 0 unspecified atom stereocenters. The third-order valence-electron chi connectivity index (χ3n) is 4.69. The highest BCUT2D eigenvalue weighted by Crippen LogP contribution is 2.16. The number of rotatable bonds is 3. The predicted octanol–water partition coefficient (Wildman–Crippen LogP) is 1.81. The number of pyridine rings is 1. The number of fused-ring (bicyclic) bond motifs is 2. The summed E-state index contributed by atoms with van der Waals surface area (Å²) in [5.41, 5.74) is 3.76. The van der Waals surface area contributed by atoms with E-state index in [9.17, 15) is 9.59 Å². The lowest BCUT2D eigenvalue weighted by atomic mass is 10.2. The van der Waals surface area contributed by atoms with Crippen molar-refractivity contribution in [1.29, 1.82) is 0 Å². The minimum Gasteiger partial charge on any atom is -0.379 e. The molecule has 3 heterocycles. The smallest absolute Gasteiger partial charge is 0.330 e. The minimum atomic E-state index is -0.338. The van der Waals surface area contributed by atoms with Crippen LogP contribution < -0.4 is 16.6 Å². The summed E-state index contributed by atoms with van der Waals surface area (Å²) in [4.78, 5) is 29.0. The van der Waals surface area contributed by atoms with Gasteiger partial charge in [-0.15, -0.1) is 0 Å². The maximum Gasteiger partial charge on any atom is 0.330 e. The monoisotopic (exact) mass is 349 g/mol. The zero-order chi connectivity index (χ0) is 18.4. The van der Waals surface area contributed by atoms with Crippen molar-refractivity contribution < 1.29 is 0 Å². The molecule has 26 heavy (non-hydrogen) atoms. The van der Waals surface area contributed by atoms with Crippen LogP contribution in [-0.4, -0.2) is 18.5 Å². The summed E-state index contributed by atoms with van der Waals surface area (Å²) in [5.74, 6) is 0. The maximum absolute atomic E-state index is 12.2. The van der Waals surface area contributed by atoms with Gasteiger partial charge < -0.3 is 9.72 Å². The predicted molar refractivity (Wildman–Crippen MR) is 102 cm³/mol. The number of hydrogen-bond acceptors (Lipinski definition) is 4. The molecular weight excluding hydrogens is 330 g/mol. The van der Waals surface area contributed by atoms with E-state index in [-0.39, 0.29) is 11.2 Å². The van der Waals surface area contributed by atoms with Gasteiger partial charge in [-0.3, -0.25) is 13.9 Å². The van der Waals surface area contributed by atoms with Crippen LogP contribution in [0.3, 0.4) is 0 Å². The highest BCUT2D eigenvalue weighted by atomic mass is 16.2. The van der Waals surface area contributed by atoms with Crippen LogP contribution in [0.15, 0.2) is 52.2 Å². The first kappa shape index (κ1) is 16.1. The molecule has 0 aliphatic rings. The van der Waals surface area contributed by atoms with Crippen LogP contribution in [0.5, 0.6) is 0 Å². The number of aromatic nitrogens is 4. The third kappa shape index (κ3) is 2.48. The number of hydrogen-bond donors (Lipinski definition) is 1. The molecule has 7 heteroatoms. The first-order valence-electron chi connectivity index (χ1n) is 8.33. The van der Waals surface area contributed by atoms with Gasteiger partial charge in [0.25, 0.3) is 5.56 Å². The van der Waals surface area contributed by atoms with Gasteiger partial charge in [-0.2, -0.15) is 0 Å². The van der Waals surface area contributed by atoms with E-state index in [1.165, 1.54) is 11.6 Å². The van der Waals surface area contributed by atoms with E-state index < -0.39 is 0 Å². The average Bonchev–Trinajstić information content (AvgIpc) is 3.07. The van der Waals surface area contributed by atoms with Gasteiger partial charge in [-0.05, 0) is 37.3 Å². The van der Waals surface area contributed by atoms with Crippen molar-refractivity contribution in [1.82, 2.24) is 18.5 Å². The Hall–Kier alpha value is -3.35. The molecule has 0 atom stereocenters. The molecule has 4 rings (SSSR count). The Kier molecular flexibility index (Phi) is 3.64. The number of nitrogens with one attached hydrogen (secondary N) is 1. The SMILES string of the molecule is Cc1cccc2nc(CNc3ccc4c(=O)n(C)c(=O)n(C)c4c3)cn12. The van der Waals surface area contributed by atoms with Crippen LogP contribution >= 0.6 is 0 Å². The van der Waals surface area contributed by atoms with Crippen LogP contribution in [-0.2, 0) is 20.6 Å². The third-order valence-corrected chi connectivity index (χ3v) is 4.69. The molecule has 7 nitrogen and oxygen atoms in total. The minimum absolute atomic E-state index is 0.287. The Bertz CT molecular complexity index is 1260. The fourth-order valence-corrected chi connectivity index (χ4v) is 3.17. The lowest BCUT2D eigenvalue weighted by Crippen LogP contribution is -2.36. The maximum atomic E-state index is 12.2. The summed E-state index contributed by atoms with van der Waals surface area (Å²) in [7, 11) is 3.15. The molecule has 4 aromatic rings. The van der Waals surface area contributed by atoms with Gasteiger partial charge in [0.05, 0.1) is 23.1 Å². The molecule has 0 spiro atoms. The van der Waals surface area contributed by atoms with E-state index in [1.807, 2.05) is 47.9 Å². The van der Waals surface area contributed by atoms with Gasteiger partial charge in [0.15, 0.2) is 0 Å². The van der Waals surface area contributed by atoms with Gasteiger partial charge in [-0.25, -0.2) is 9.78 Å². The highest BCUT2D eigenvalue weighted by Gasteiger charge is 2.09. The number of aryl methyl sites for hydroxylation is 2. The molecule has 0 bridgehead atoms. The van der Waals surface area contributed by atoms with E-state index >= 15 is 0 Å². The number of nitrogens with zero attached hydrogens (tertiary/aromatic N) is 4. The molecule has 132 valence electrons. The van der Waals surface area contributed by atoms with Crippen molar-refractivity contribution in [3.05, 3.63) is 74.8 Å². The van der Waals surface area contributed by atoms with Crippen molar-refractivity contribution in [2.75, 3.05) is 5.32 Å². The second-order valence-corrected chi connectivity index (χ2v) is 6.42. The Morgan fingerprint density at radius 2 is 1.88 bits per heavy atom. The second kappa shape index (κ2) is 5.87. The first-order chi connectivity index (χ1) is 12.5. The van der Waals surface area contributed by atoms with Crippen molar-refractivity contribution in [2.45, 2.75) is 13.5 Å². The quantitative estimate of drug-likeness (QED) is 0.612. The molecule has 1 N–H and O–H groups in total. The van der Waals surface area contributed by atoms with Crippen LogP contribution in [0, 0.1) is 6.92 Å². The molecule has 1 aromatic carbocycles. The molecule has 0 saturated carbocycles. The topological polar surface area (TPSA) is 73.3 Å². The number of anilines is 1. The summed E-state index contributed by atoms with van der Waals surface area (Å²) in [6.45, 7) is 2.58. The molecule has 0 radical (unpaired) electrons. The molecule has 3 aromatic heterocycles. The lowest BCUT2D eigenvalue weighted by Gasteiger charge is -2.10. The van der Waals surface area contributed by atoms with Crippen LogP contribution in [0.4, 0.5) is 5.69 Å². The highest BCUT2D eigenvalue weighted by molar-refractivity contribution is 5.81. The summed E-state index contributed by atoms with van der Waals surface area (Å²) >= 11 is 0. The normalized spacial score (nSPS) is 11.3. The van der Waals surface area contributed by atoms with E-state index in [2.05, 4.69) is 10.3 Å². The largest absolute Gasteiger partial charge is 0.379 e. The van der Waals surface area contributed by atoms with E-state index in [4.69, 9.17) is 0 Å². The zero-order valence-electron chi connectivity index (χ0n) is 14.9. The molecule has 0 saturated heterocycles. The summed E-state index contributed by atoms with van der Waals surface area (Å²) in [6.07, 6.45) is 2.00. The van der Waals surface area contributed by atoms with Crippen LogP contribution in [0.2, 0.25) is 0 Å². The summed E-state index contributed by atoms with van der Waals surface area (Å²) in [6, 6.07) is 11.4. The Balaban J connectivity index is 1.68. The zero-order valence-corrected chi connectivity index (χ0v) is 14.9. The molecule has 0 fully saturated rings. The van der Waals surface area contributed by atoms with E-state index in [1.54, 1.807) is 13.1 Å². The van der Waals surface area contributed by atoms with Gasteiger partial charge in [0.1, 0.15) is 5.65 Å². The van der Waals surface area contributed by atoms with Crippen molar-refractivity contribution >= 4 is 22.2 Å². The fraction of sp³-hybridized carbons (Fsp3) is 0.211.